The molecule has 0 N–H and O–H groups in total. The van der Waals surface area contributed by atoms with E-state index in [2.05, 4.69) is 82.1 Å². The second kappa shape index (κ2) is 22.2. The van der Waals surface area contributed by atoms with Crippen molar-refractivity contribution in [3.05, 3.63) is 214 Å². The first kappa shape index (κ1) is 41.8. The molecule has 0 bridgehead atoms. The van der Waals surface area contributed by atoms with Crippen molar-refractivity contribution in [1.29, 1.82) is 0 Å². The van der Waals surface area contributed by atoms with Crippen molar-refractivity contribution in [2.24, 2.45) is 0 Å². The smallest absolute Gasteiger partial charge is 0.182 e. The lowest BCUT2D eigenvalue weighted by atomic mass is 9.79. The Balaban J connectivity index is 1.28. The van der Waals surface area contributed by atoms with Crippen molar-refractivity contribution in [1.82, 2.24) is 0 Å². The van der Waals surface area contributed by atoms with E-state index in [-0.39, 0.29) is 0 Å². The molecule has 0 unspecified atom stereocenters. The highest BCUT2D eigenvalue weighted by atomic mass is 32.2. The molecule has 0 aromatic heterocycles. The first-order valence-corrected chi connectivity index (χ1v) is 19.4. The molecule has 0 heterocycles. The number of terminal acetylenes is 2. The highest BCUT2D eigenvalue weighted by Gasteiger charge is 2.41. The van der Waals surface area contributed by atoms with Gasteiger partial charge in [-0.1, -0.05) is 180 Å². The maximum atomic E-state index is 6.22. The zero-order valence-electron chi connectivity index (χ0n) is 31.3. The van der Waals surface area contributed by atoms with E-state index in [9.17, 15) is 0 Å². The maximum absolute atomic E-state index is 6.22. The van der Waals surface area contributed by atoms with Gasteiger partial charge in [-0.25, -0.2) is 0 Å². The summed E-state index contributed by atoms with van der Waals surface area (Å²) < 4.78 is 10.5. The van der Waals surface area contributed by atoms with Crippen molar-refractivity contribution in [3.8, 4) is 70.7 Å². The topological polar surface area (TPSA) is 55.4 Å². The molecule has 8 heteroatoms. The fourth-order valence-electron chi connectivity index (χ4n) is 6.35. The fourth-order valence-corrected chi connectivity index (χ4v) is 6.71. The van der Waals surface area contributed by atoms with Crippen LogP contribution in [0.1, 0.15) is 44.5 Å². The van der Waals surface area contributed by atoms with E-state index < -0.39 is 11.2 Å². The quantitative estimate of drug-likeness (QED) is 0.0240. The minimum Gasteiger partial charge on any atom is -0.184 e. The van der Waals surface area contributed by atoms with Crippen LogP contribution in [0.2, 0.25) is 0 Å². The first-order chi connectivity index (χ1) is 29.2. The molecule has 0 atom stereocenters. The predicted molar refractivity (Wildman–Crippen MR) is 232 cm³/mol. The fraction of sp³-hybridized carbons (Fsp3) is 0.0588. The van der Waals surface area contributed by atoms with E-state index in [4.69, 9.17) is 41.4 Å². The van der Waals surface area contributed by atoms with Crippen LogP contribution in [0.25, 0.3) is 0 Å². The molecule has 0 aliphatic carbocycles. The highest BCUT2D eigenvalue weighted by Crippen LogP contribution is 2.43. The molecule has 0 saturated carbocycles. The van der Waals surface area contributed by atoms with E-state index in [1.165, 1.54) is 0 Å². The van der Waals surface area contributed by atoms with Crippen LogP contribution in [-0.4, -0.2) is 0 Å². The van der Waals surface area contributed by atoms with Crippen LogP contribution in [0.5, 0.6) is 0 Å². The molecule has 0 amide bonds. The zero-order chi connectivity index (χ0) is 40.9. The Morgan fingerprint density at radius 2 is 0.678 bits per heavy atom. The van der Waals surface area contributed by atoms with Gasteiger partial charge >= 0.3 is 0 Å². The molecule has 0 fully saturated rings. The van der Waals surface area contributed by atoms with Crippen LogP contribution in [0, 0.1) is 70.7 Å². The lowest BCUT2D eigenvalue weighted by Crippen LogP contribution is -2.33. The van der Waals surface area contributed by atoms with Crippen molar-refractivity contribution in [2.75, 3.05) is 0 Å². The van der Waals surface area contributed by atoms with E-state index in [1.54, 1.807) is 0 Å². The van der Waals surface area contributed by atoms with Crippen molar-refractivity contribution in [2.45, 2.75) is 17.6 Å². The van der Waals surface area contributed by atoms with Crippen molar-refractivity contribution >= 4 is 24.1 Å². The predicted octanol–water partition coefficient (Wildman–Crippen LogP) is 10.1. The third-order valence-electron chi connectivity index (χ3n) is 8.87. The monoisotopic (exact) mass is 804 g/mol. The van der Waals surface area contributed by atoms with Crippen molar-refractivity contribution in [3.63, 3.8) is 0 Å². The zero-order valence-corrected chi connectivity index (χ0v) is 32.9. The summed E-state index contributed by atoms with van der Waals surface area (Å²) in [6.45, 7) is 0. The second-order valence-electron chi connectivity index (χ2n) is 12.2. The summed E-state index contributed by atoms with van der Waals surface area (Å²) in [6, 6.07) is 55.6. The third-order valence-corrected chi connectivity index (χ3v) is 9.49. The van der Waals surface area contributed by atoms with Crippen LogP contribution in [0.3, 0.4) is 0 Å². The molecular weight excluding hydrogens is 773 g/mol. The van der Waals surface area contributed by atoms with E-state index in [0.29, 0.717) is 6.42 Å². The van der Waals surface area contributed by atoms with Gasteiger partial charge in [-0.05, 0) is 86.5 Å². The van der Waals surface area contributed by atoms with Gasteiger partial charge in [-0.2, -0.15) is 9.78 Å². The summed E-state index contributed by atoms with van der Waals surface area (Å²) >= 11 is 1.45. The Hall–Kier alpha value is -6.86. The van der Waals surface area contributed by atoms with Gasteiger partial charge in [0.05, 0.1) is 0 Å². The molecule has 59 heavy (non-hydrogen) atoms. The minimum atomic E-state index is -1.20. The summed E-state index contributed by atoms with van der Waals surface area (Å²) in [7, 11) is 0. The molecule has 6 aromatic carbocycles. The van der Waals surface area contributed by atoms with Gasteiger partial charge in [0.25, 0.3) is 0 Å². The Kier molecular flexibility index (Phi) is 15.7. The molecule has 6 nitrogen and oxygen atoms in total. The minimum absolute atomic E-state index is 0.643. The highest BCUT2D eigenvalue weighted by molar-refractivity contribution is 7.99. The summed E-state index contributed by atoms with van der Waals surface area (Å²) in [5, 5.41) is 16.0. The summed E-state index contributed by atoms with van der Waals surface area (Å²) in [5.41, 5.74) is 4.67. The van der Waals surface area contributed by atoms with Gasteiger partial charge in [0, 0.05) is 22.3 Å². The summed E-state index contributed by atoms with van der Waals surface area (Å²) in [5.74, 6) is 19.4. The Morgan fingerprint density at radius 3 is 0.983 bits per heavy atom. The molecular formula is C51H32O6S2. The molecule has 6 aromatic rings. The van der Waals surface area contributed by atoms with E-state index in [0.717, 1.165) is 68.6 Å². The van der Waals surface area contributed by atoms with Gasteiger partial charge in [0.1, 0.15) is 24.1 Å². The summed E-state index contributed by atoms with van der Waals surface area (Å²) in [4.78, 5) is 12.4. The lowest BCUT2D eigenvalue weighted by Gasteiger charge is -2.33. The molecule has 0 aliphatic rings. The molecule has 284 valence electrons. The molecule has 0 aliphatic heterocycles. The van der Waals surface area contributed by atoms with Gasteiger partial charge in [0.2, 0.25) is 0 Å². The van der Waals surface area contributed by atoms with Gasteiger partial charge in [-0.3, -0.25) is 0 Å². The average Bonchev–Trinajstić information content (AvgIpc) is 3.30. The largest absolute Gasteiger partial charge is 0.184 e. The van der Waals surface area contributed by atoms with Gasteiger partial charge in [-0.15, -0.1) is 21.5 Å². The van der Waals surface area contributed by atoms with Crippen molar-refractivity contribution < 1.29 is 28.5 Å². The lowest BCUT2D eigenvalue weighted by molar-refractivity contribution is -0.490. The average molecular weight is 805 g/mol. The summed E-state index contributed by atoms with van der Waals surface area (Å²) in [6.07, 6.45) is 10.9. The van der Waals surface area contributed by atoms with E-state index >= 15 is 0 Å². The Morgan fingerprint density at radius 1 is 0.373 bits per heavy atom. The number of benzene rings is 6. The SMILES string of the molecule is C#CC#CC#CSOOOC(c1ccccc1)(c1ccccc1)c1ccc(Cc2ccc(C(OOOSC#CC#CC#C)(c3ccccc3)c3ccccc3)cc2)cc1. The molecule has 0 saturated heterocycles. The van der Waals surface area contributed by atoms with E-state index in [1.807, 2.05) is 146 Å². The van der Waals surface area contributed by atoms with Crippen LogP contribution in [0.4, 0.5) is 0 Å². The number of rotatable bonds is 16. The van der Waals surface area contributed by atoms with Crippen LogP contribution in [0.15, 0.2) is 170 Å². The Labute approximate surface area is 353 Å². The maximum Gasteiger partial charge on any atom is 0.182 e. The first-order valence-electron chi connectivity index (χ1n) is 17.9. The third kappa shape index (κ3) is 10.8. The molecule has 0 radical (unpaired) electrons. The Bertz CT molecular complexity index is 2350. The molecule has 0 spiro atoms. The van der Waals surface area contributed by atoms with Gasteiger partial charge in [0.15, 0.2) is 11.2 Å². The second-order valence-corrected chi connectivity index (χ2v) is 13.3. The van der Waals surface area contributed by atoms with Crippen LogP contribution >= 0.6 is 24.1 Å². The number of hydrogen-bond acceptors (Lipinski definition) is 8. The van der Waals surface area contributed by atoms with Gasteiger partial charge < -0.3 is 0 Å². The number of hydrogen-bond donors (Lipinski definition) is 0. The standard InChI is InChI=1S/C51H32O6S2/c1-3-5-7-21-39-58-56-54-52-50(44-23-13-9-14-24-44,45-25-15-10-16-26-45)48-35-31-42(32-36-48)41-43-33-37-49(38-34-43)51(46-27-17-11-18-28-46,47-29-19-12-20-30-47)53-55-57-59-40-22-8-6-4-2/h1-2,9-20,23-38H,41H2. The normalized spacial score (nSPS) is 10.4. The van der Waals surface area contributed by atoms with Crippen LogP contribution in [-0.2, 0) is 46.1 Å². The molecule has 6 rings (SSSR count). The van der Waals surface area contributed by atoms with Crippen LogP contribution < -0.4 is 0 Å².